The molecule has 0 aromatic heterocycles. The second kappa shape index (κ2) is 6.80. The first kappa shape index (κ1) is 17.3. The molecule has 7 heteroatoms. The molecule has 0 saturated carbocycles. The summed E-state index contributed by atoms with van der Waals surface area (Å²) < 4.78 is 40.7. The average Bonchev–Trinajstić information content (AvgIpc) is 2.27. The van der Waals surface area contributed by atoms with Crippen LogP contribution in [0.5, 0.6) is 5.75 Å². The molecule has 0 radical (unpaired) electrons. The Labute approximate surface area is 121 Å². The van der Waals surface area contributed by atoms with E-state index in [1.165, 1.54) is 18.2 Å². The third-order valence-corrected chi connectivity index (χ3v) is 2.31. The lowest BCUT2D eigenvalue weighted by molar-refractivity contribution is -0.274. The molecular formula is C14H19F3N2O2. The highest BCUT2D eigenvalue weighted by molar-refractivity contribution is 5.78. The Balaban J connectivity index is 2.54. The zero-order valence-corrected chi connectivity index (χ0v) is 12.2. The fraction of sp³-hybridized carbons (Fsp3) is 0.500. The summed E-state index contributed by atoms with van der Waals surface area (Å²) in [5.41, 5.74) is -0.0193. The molecule has 0 aliphatic carbocycles. The van der Waals surface area contributed by atoms with Gasteiger partial charge in [-0.25, -0.2) is 0 Å². The van der Waals surface area contributed by atoms with Gasteiger partial charge in [-0.15, -0.1) is 13.2 Å². The predicted octanol–water partition coefficient (Wildman–Crippen LogP) is 2.59. The average molecular weight is 304 g/mol. The molecule has 0 heterocycles. The summed E-state index contributed by atoms with van der Waals surface area (Å²) in [5, 5.41) is 5.54. The number of ether oxygens (including phenoxy) is 1. The largest absolute Gasteiger partial charge is 0.573 e. The van der Waals surface area contributed by atoms with Crippen molar-refractivity contribution in [3.8, 4) is 5.75 Å². The predicted molar refractivity (Wildman–Crippen MR) is 72.7 cm³/mol. The molecule has 1 aromatic rings. The van der Waals surface area contributed by atoms with E-state index in [-0.39, 0.29) is 30.3 Å². The Morgan fingerprint density at radius 3 is 2.38 bits per heavy atom. The highest BCUT2D eigenvalue weighted by Gasteiger charge is 2.31. The first-order valence-corrected chi connectivity index (χ1v) is 6.42. The molecule has 0 bridgehead atoms. The van der Waals surface area contributed by atoms with E-state index in [0.29, 0.717) is 5.56 Å². The maximum atomic E-state index is 12.3. The number of hydrogen-bond donors (Lipinski definition) is 2. The Hall–Kier alpha value is -1.76. The van der Waals surface area contributed by atoms with E-state index in [4.69, 9.17) is 0 Å². The van der Waals surface area contributed by atoms with Crippen molar-refractivity contribution in [2.24, 2.45) is 0 Å². The van der Waals surface area contributed by atoms with E-state index in [0.717, 1.165) is 0 Å². The minimum Gasteiger partial charge on any atom is -0.405 e. The number of benzene rings is 1. The van der Waals surface area contributed by atoms with Crippen LogP contribution in [0.4, 0.5) is 13.2 Å². The first-order chi connectivity index (χ1) is 9.57. The first-order valence-electron chi connectivity index (χ1n) is 6.42. The van der Waals surface area contributed by atoms with Gasteiger partial charge in [-0.05, 0) is 26.8 Å². The molecule has 1 aromatic carbocycles. The van der Waals surface area contributed by atoms with Gasteiger partial charge in [-0.1, -0.05) is 18.2 Å². The lowest BCUT2D eigenvalue weighted by Crippen LogP contribution is -2.44. The fourth-order valence-electron chi connectivity index (χ4n) is 1.65. The number of nitrogens with one attached hydrogen (secondary N) is 2. The van der Waals surface area contributed by atoms with Gasteiger partial charge in [0.2, 0.25) is 5.91 Å². The molecule has 4 nitrogen and oxygen atoms in total. The van der Waals surface area contributed by atoms with Crippen LogP contribution in [0.2, 0.25) is 0 Å². The van der Waals surface area contributed by atoms with Crippen LogP contribution in [0.1, 0.15) is 26.3 Å². The highest BCUT2D eigenvalue weighted by atomic mass is 19.4. The Bertz CT molecular complexity index is 482. The van der Waals surface area contributed by atoms with Crippen molar-refractivity contribution in [1.82, 2.24) is 10.6 Å². The van der Waals surface area contributed by atoms with E-state index in [1.807, 2.05) is 20.8 Å². The number of halogens is 3. The topological polar surface area (TPSA) is 50.4 Å². The lowest BCUT2D eigenvalue weighted by atomic mass is 10.1. The fourth-order valence-corrected chi connectivity index (χ4v) is 1.65. The molecule has 118 valence electrons. The molecular weight excluding hydrogens is 285 g/mol. The van der Waals surface area contributed by atoms with Crippen LogP contribution >= 0.6 is 0 Å². The molecule has 2 N–H and O–H groups in total. The van der Waals surface area contributed by atoms with Crippen molar-refractivity contribution in [3.05, 3.63) is 29.8 Å². The molecule has 0 atom stereocenters. The summed E-state index contributed by atoms with van der Waals surface area (Å²) in [6, 6.07) is 5.81. The van der Waals surface area contributed by atoms with Gasteiger partial charge in [-0.3, -0.25) is 4.79 Å². The van der Waals surface area contributed by atoms with Gasteiger partial charge in [0.1, 0.15) is 5.75 Å². The Morgan fingerprint density at radius 1 is 1.19 bits per heavy atom. The summed E-state index contributed by atoms with van der Waals surface area (Å²) >= 11 is 0. The van der Waals surface area contributed by atoms with E-state index >= 15 is 0 Å². The molecule has 0 spiro atoms. The number of hydrogen-bond acceptors (Lipinski definition) is 3. The zero-order valence-electron chi connectivity index (χ0n) is 12.2. The van der Waals surface area contributed by atoms with Gasteiger partial charge in [0, 0.05) is 17.6 Å². The maximum Gasteiger partial charge on any atom is 0.573 e. The van der Waals surface area contributed by atoms with Crippen molar-refractivity contribution in [1.29, 1.82) is 0 Å². The van der Waals surface area contributed by atoms with Crippen molar-refractivity contribution in [2.45, 2.75) is 39.2 Å². The van der Waals surface area contributed by atoms with Crippen LogP contribution in [-0.4, -0.2) is 24.4 Å². The standard InChI is InChI=1S/C14H19F3N2O2/c1-13(2,3)19-12(20)9-18-8-10-6-4-5-7-11(10)21-14(15,16)17/h4-7,18H,8-9H2,1-3H3,(H,19,20). The van der Waals surface area contributed by atoms with Crippen LogP contribution < -0.4 is 15.4 Å². The molecule has 0 aliphatic heterocycles. The van der Waals surface area contributed by atoms with Gasteiger partial charge in [0.05, 0.1) is 6.54 Å². The Morgan fingerprint density at radius 2 is 1.81 bits per heavy atom. The van der Waals surface area contributed by atoms with E-state index < -0.39 is 6.36 Å². The summed E-state index contributed by atoms with van der Waals surface area (Å²) in [7, 11) is 0. The quantitative estimate of drug-likeness (QED) is 0.879. The third-order valence-electron chi connectivity index (χ3n) is 2.31. The highest BCUT2D eigenvalue weighted by Crippen LogP contribution is 2.25. The van der Waals surface area contributed by atoms with Crippen molar-refractivity contribution in [2.75, 3.05) is 6.54 Å². The van der Waals surface area contributed by atoms with Gasteiger partial charge in [0.15, 0.2) is 0 Å². The number of carbonyl (C=O) groups is 1. The zero-order chi connectivity index (χ0) is 16.1. The number of alkyl halides is 3. The lowest BCUT2D eigenvalue weighted by Gasteiger charge is -2.20. The molecule has 0 unspecified atom stereocenters. The second-order valence-electron chi connectivity index (χ2n) is 5.56. The molecule has 1 amide bonds. The number of carbonyl (C=O) groups excluding carboxylic acids is 1. The number of para-hydroxylation sites is 1. The molecule has 1 rings (SSSR count). The number of amides is 1. The van der Waals surface area contributed by atoms with Gasteiger partial charge in [-0.2, -0.15) is 0 Å². The van der Waals surface area contributed by atoms with Crippen LogP contribution in [0.25, 0.3) is 0 Å². The second-order valence-corrected chi connectivity index (χ2v) is 5.56. The van der Waals surface area contributed by atoms with Gasteiger partial charge >= 0.3 is 6.36 Å². The van der Waals surface area contributed by atoms with E-state index in [1.54, 1.807) is 6.07 Å². The Kier molecular flexibility index (Phi) is 5.60. The summed E-state index contributed by atoms with van der Waals surface area (Å²) in [4.78, 5) is 11.6. The van der Waals surface area contributed by atoms with Gasteiger partial charge < -0.3 is 15.4 Å². The number of rotatable bonds is 5. The SMILES string of the molecule is CC(C)(C)NC(=O)CNCc1ccccc1OC(F)(F)F. The summed E-state index contributed by atoms with van der Waals surface area (Å²) in [6.07, 6.45) is -4.74. The minimum atomic E-state index is -4.74. The molecule has 0 saturated heterocycles. The van der Waals surface area contributed by atoms with Crippen LogP contribution in [-0.2, 0) is 11.3 Å². The third kappa shape index (κ3) is 7.55. The normalized spacial score (nSPS) is 12.1. The minimum absolute atomic E-state index is 0.0115. The molecule has 21 heavy (non-hydrogen) atoms. The van der Waals surface area contributed by atoms with Crippen molar-refractivity contribution >= 4 is 5.91 Å². The van der Waals surface area contributed by atoms with Crippen LogP contribution in [0.3, 0.4) is 0 Å². The van der Waals surface area contributed by atoms with Crippen LogP contribution in [0, 0.1) is 0 Å². The van der Waals surface area contributed by atoms with E-state index in [2.05, 4.69) is 15.4 Å². The summed E-state index contributed by atoms with van der Waals surface area (Å²) in [5.74, 6) is -0.495. The van der Waals surface area contributed by atoms with E-state index in [9.17, 15) is 18.0 Å². The van der Waals surface area contributed by atoms with Crippen molar-refractivity contribution < 1.29 is 22.7 Å². The van der Waals surface area contributed by atoms with Gasteiger partial charge in [0.25, 0.3) is 0 Å². The molecule has 0 aliphatic rings. The monoisotopic (exact) mass is 304 g/mol. The molecule has 0 fully saturated rings. The maximum absolute atomic E-state index is 12.3. The smallest absolute Gasteiger partial charge is 0.405 e. The van der Waals surface area contributed by atoms with Crippen molar-refractivity contribution in [3.63, 3.8) is 0 Å². The summed E-state index contributed by atoms with van der Waals surface area (Å²) in [6.45, 7) is 5.65. The van der Waals surface area contributed by atoms with Crippen LogP contribution in [0.15, 0.2) is 24.3 Å².